The molecule has 0 aliphatic carbocycles. The molecule has 1 amide bonds. The second kappa shape index (κ2) is 10.4. The maximum absolute atomic E-state index is 13.1. The van der Waals surface area contributed by atoms with Crippen molar-refractivity contribution in [1.82, 2.24) is 8.87 Å². The Morgan fingerprint density at radius 2 is 1.75 bits per heavy atom. The van der Waals surface area contributed by atoms with Crippen molar-refractivity contribution in [2.75, 3.05) is 27.3 Å². The molecule has 9 nitrogen and oxygen atoms in total. The zero-order valence-electron chi connectivity index (χ0n) is 20.4. The number of terminal acetylenes is 1. The number of benzene rings is 2. The van der Waals surface area contributed by atoms with Crippen LogP contribution in [0.4, 0.5) is 0 Å². The summed E-state index contributed by atoms with van der Waals surface area (Å²) in [4.78, 5) is 17.8. The van der Waals surface area contributed by atoms with Crippen LogP contribution < -0.4 is 14.3 Å². The van der Waals surface area contributed by atoms with E-state index < -0.39 is 15.9 Å². The molecule has 0 spiro atoms. The molecule has 3 aromatic rings. The minimum atomic E-state index is -3.71. The molecule has 11 heteroatoms. The number of amides is 1. The molecule has 1 fully saturated rings. The molecule has 2 heterocycles. The number of ether oxygens (including phenoxy) is 3. The Hall–Kier alpha value is -3.17. The van der Waals surface area contributed by atoms with E-state index in [4.69, 9.17) is 20.6 Å². The number of hydrogen-bond acceptors (Lipinski definition) is 7. The van der Waals surface area contributed by atoms with Crippen LogP contribution in [0.3, 0.4) is 0 Å². The Balaban J connectivity index is 1.67. The first-order valence-electron chi connectivity index (χ1n) is 11.2. The summed E-state index contributed by atoms with van der Waals surface area (Å²) in [6.07, 6.45) is 5.18. The monoisotopic (exact) mass is 529 g/mol. The second-order valence-electron chi connectivity index (χ2n) is 8.37. The molecule has 190 valence electrons. The molecule has 1 aliphatic heterocycles. The van der Waals surface area contributed by atoms with E-state index in [2.05, 4.69) is 10.9 Å². The van der Waals surface area contributed by atoms with Gasteiger partial charge in [0.05, 0.1) is 48.1 Å². The number of aromatic nitrogens is 1. The predicted molar refractivity (Wildman–Crippen MR) is 137 cm³/mol. The van der Waals surface area contributed by atoms with E-state index >= 15 is 0 Å². The molecule has 0 bridgehead atoms. The highest BCUT2D eigenvalue weighted by molar-refractivity contribution is 7.89. The van der Waals surface area contributed by atoms with Crippen LogP contribution in [-0.4, -0.2) is 62.7 Å². The Kier molecular flexibility index (Phi) is 7.51. The van der Waals surface area contributed by atoms with Crippen molar-refractivity contribution in [2.45, 2.75) is 37.5 Å². The first-order valence-corrected chi connectivity index (χ1v) is 13.5. The summed E-state index contributed by atoms with van der Waals surface area (Å²) >= 11 is 1.29. The molecule has 0 saturated carbocycles. The summed E-state index contributed by atoms with van der Waals surface area (Å²) in [7, 11) is -0.621. The average Bonchev–Trinajstić information content (AvgIpc) is 3.18. The average molecular weight is 530 g/mol. The summed E-state index contributed by atoms with van der Waals surface area (Å²) in [5, 5.41) is 0. The normalized spacial score (nSPS) is 19.2. The topological polar surface area (TPSA) is 99.4 Å². The molecule has 1 aromatic heterocycles. The van der Waals surface area contributed by atoms with Gasteiger partial charge in [-0.25, -0.2) is 8.42 Å². The van der Waals surface area contributed by atoms with Gasteiger partial charge >= 0.3 is 0 Å². The van der Waals surface area contributed by atoms with Crippen molar-refractivity contribution in [3.63, 3.8) is 0 Å². The lowest BCUT2D eigenvalue weighted by atomic mass is 10.2. The number of thiazole rings is 1. The third kappa shape index (κ3) is 5.03. The predicted octanol–water partition coefficient (Wildman–Crippen LogP) is 2.89. The zero-order chi connectivity index (χ0) is 26.0. The zero-order valence-corrected chi connectivity index (χ0v) is 22.1. The van der Waals surface area contributed by atoms with Gasteiger partial charge in [0.1, 0.15) is 0 Å². The number of hydrogen-bond donors (Lipinski definition) is 0. The molecule has 2 atom stereocenters. The summed E-state index contributed by atoms with van der Waals surface area (Å²) in [5.74, 6) is 3.17. The third-order valence-electron chi connectivity index (χ3n) is 5.76. The van der Waals surface area contributed by atoms with E-state index in [0.29, 0.717) is 16.3 Å². The summed E-state index contributed by atoms with van der Waals surface area (Å²) in [6.45, 7) is 4.44. The lowest BCUT2D eigenvalue weighted by Gasteiger charge is -2.34. The van der Waals surface area contributed by atoms with Gasteiger partial charge in [-0.1, -0.05) is 17.3 Å². The Morgan fingerprint density at radius 1 is 1.14 bits per heavy atom. The van der Waals surface area contributed by atoms with E-state index in [-0.39, 0.29) is 42.3 Å². The summed E-state index contributed by atoms with van der Waals surface area (Å²) < 4.78 is 46.6. The van der Waals surface area contributed by atoms with Gasteiger partial charge in [0.15, 0.2) is 16.3 Å². The molecular formula is C25H27N3O6S2. The molecule has 4 rings (SSSR count). The van der Waals surface area contributed by atoms with Crippen LogP contribution in [0.1, 0.15) is 24.2 Å². The minimum Gasteiger partial charge on any atom is -0.493 e. The fourth-order valence-corrected chi connectivity index (χ4v) is 6.75. The van der Waals surface area contributed by atoms with Crippen LogP contribution in [0.25, 0.3) is 10.2 Å². The van der Waals surface area contributed by atoms with Gasteiger partial charge in [-0.15, -0.1) is 6.42 Å². The van der Waals surface area contributed by atoms with Gasteiger partial charge in [0.2, 0.25) is 10.0 Å². The molecule has 36 heavy (non-hydrogen) atoms. The SMILES string of the molecule is C#CCn1c(=NC(=O)c2ccc(S(=O)(=O)N3C[C@@H](C)O[C@H](C)C3)cc2)sc2cc(OC)c(OC)cc21. The highest BCUT2D eigenvalue weighted by Crippen LogP contribution is 2.33. The van der Waals surface area contributed by atoms with Crippen molar-refractivity contribution in [2.24, 2.45) is 4.99 Å². The number of methoxy groups -OCH3 is 2. The molecule has 1 aliphatic rings. The molecular weight excluding hydrogens is 502 g/mol. The minimum absolute atomic E-state index is 0.115. The van der Waals surface area contributed by atoms with E-state index in [1.165, 1.54) is 39.9 Å². The smallest absolute Gasteiger partial charge is 0.279 e. The number of rotatable bonds is 6. The fraction of sp³-hybridized carbons (Fsp3) is 0.360. The number of carbonyl (C=O) groups is 1. The van der Waals surface area contributed by atoms with E-state index in [0.717, 1.165) is 10.2 Å². The van der Waals surface area contributed by atoms with E-state index in [1.54, 1.807) is 24.9 Å². The standard InChI is InChI=1S/C25H27N3O6S2/c1-6-11-28-20-12-21(32-4)22(33-5)13-23(20)35-25(28)26-24(29)18-7-9-19(10-8-18)36(30,31)27-14-16(2)34-17(3)15-27/h1,7-10,12-13,16-17H,11,14-15H2,2-5H3/t16-,17-/m1/s1. The van der Waals surface area contributed by atoms with Gasteiger partial charge in [-0.3, -0.25) is 4.79 Å². The van der Waals surface area contributed by atoms with Gasteiger partial charge in [-0.05, 0) is 38.1 Å². The fourth-order valence-electron chi connectivity index (χ4n) is 4.12. The highest BCUT2D eigenvalue weighted by Gasteiger charge is 2.32. The van der Waals surface area contributed by atoms with Crippen LogP contribution >= 0.6 is 11.3 Å². The second-order valence-corrected chi connectivity index (χ2v) is 11.3. The molecule has 1 saturated heterocycles. The molecule has 0 radical (unpaired) electrons. The molecule has 0 unspecified atom stereocenters. The number of carbonyl (C=O) groups excluding carboxylic acids is 1. The Morgan fingerprint density at radius 3 is 2.33 bits per heavy atom. The number of morpholine rings is 1. The van der Waals surface area contributed by atoms with Gasteiger partial charge in [0.25, 0.3) is 5.91 Å². The van der Waals surface area contributed by atoms with Gasteiger partial charge in [-0.2, -0.15) is 9.30 Å². The van der Waals surface area contributed by atoms with E-state index in [9.17, 15) is 13.2 Å². The van der Waals surface area contributed by atoms with Crippen LogP contribution in [0.2, 0.25) is 0 Å². The summed E-state index contributed by atoms with van der Waals surface area (Å²) in [6, 6.07) is 9.40. The van der Waals surface area contributed by atoms with Crippen LogP contribution in [0.5, 0.6) is 11.5 Å². The number of sulfonamides is 1. The number of nitrogens with zero attached hydrogens (tertiary/aromatic N) is 3. The molecule has 0 N–H and O–H groups in total. The van der Waals surface area contributed by atoms with Crippen molar-refractivity contribution < 1.29 is 27.4 Å². The first kappa shape index (κ1) is 25.9. The highest BCUT2D eigenvalue weighted by atomic mass is 32.2. The van der Waals surface area contributed by atoms with Crippen LogP contribution in [0, 0.1) is 12.3 Å². The van der Waals surface area contributed by atoms with E-state index in [1.807, 2.05) is 19.9 Å². The number of fused-ring (bicyclic) bond motifs is 1. The Bertz CT molecular complexity index is 1490. The third-order valence-corrected chi connectivity index (χ3v) is 8.65. The van der Waals surface area contributed by atoms with Gasteiger partial charge in [0, 0.05) is 30.8 Å². The van der Waals surface area contributed by atoms with Gasteiger partial charge < -0.3 is 18.8 Å². The maximum atomic E-state index is 13.1. The van der Waals surface area contributed by atoms with Crippen LogP contribution in [0.15, 0.2) is 46.3 Å². The Labute approximate surface area is 214 Å². The summed E-state index contributed by atoms with van der Waals surface area (Å²) in [5.41, 5.74) is 1.02. The van der Waals surface area contributed by atoms with Crippen molar-refractivity contribution in [1.29, 1.82) is 0 Å². The van der Waals surface area contributed by atoms with Crippen molar-refractivity contribution in [3.8, 4) is 23.8 Å². The quantitative estimate of drug-likeness (QED) is 0.456. The largest absolute Gasteiger partial charge is 0.493 e. The maximum Gasteiger partial charge on any atom is 0.279 e. The van der Waals surface area contributed by atoms with Crippen LogP contribution in [-0.2, 0) is 21.3 Å². The van der Waals surface area contributed by atoms with Crippen molar-refractivity contribution >= 4 is 37.5 Å². The van der Waals surface area contributed by atoms with Crippen molar-refractivity contribution in [3.05, 3.63) is 46.8 Å². The first-order chi connectivity index (χ1) is 17.2. The lowest BCUT2D eigenvalue weighted by molar-refractivity contribution is -0.0440. The lowest BCUT2D eigenvalue weighted by Crippen LogP contribution is -2.48. The molecule has 2 aromatic carbocycles.